The number of aromatic nitrogens is 4. The number of H-pyrrole nitrogens is 1. The van der Waals surface area contributed by atoms with Gasteiger partial charge >= 0.3 is 0 Å². The first-order valence-electron chi connectivity index (χ1n) is 6.67. The van der Waals surface area contributed by atoms with Crippen LogP contribution in [0.1, 0.15) is 20.3 Å². The van der Waals surface area contributed by atoms with E-state index in [1.807, 2.05) is 0 Å². The second-order valence-electron chi connectivity index (χ2n) is 4.34. The molecule has 7 heteroatoms. The van der Waals surface area contributed by atoms with Crippen LogP contribution in [0.5, 0.6) is 0 Å². The molecule has 2 aromatic heterocycles. The molecule has 0 fully saturated rings. The molecule has 2 aromatic rings. The van der Waals surface area contributed by atoms with Crippen molar-refractivity contribution in [3.05, 3.63) is 6.33 Å². The molecule has 19 heavy (non-hydrogen) atoms. The predicted molar refractivity (Wildman–Crippen MR) is 77.0 cm³/mol. The number of anilines is 2. The Morgan fingerprint density at radius 1 is 1.32 bits per heavy atom. The van der Waals surface area contributed by atoms with E-state index >= 15 is 0 Å². The lowest BCUT2D eigenvalue weighted by molar-refractivity contribution is 0.303. The van der Waals surface area contributed by atoms with E-state index in [-0.39, 0.29) is 5.95 Å². The molecular weight excluding hydrogens is 242 g/mol. The van der Waals surface area contributed by atoms with E-state index in [0.717, 1.165) is 43.9 Å². The molecule has 0 spiro atoms. The highest BCUT2D eigenvalue weighted by Gasteiger charge is 2.07. The second kappa shape index (κ2) is 6.33. The molecule has 0 unspecified atom stereocenters. The third-order valence-electron chi connectivity index (χ3n) is 3.14. The third kappa shape index (κ3) is 3.31. The van der Waals surface area contributed by atoms with E-state index in [0.29, 0.717) is 5.65 Å². The van der Waals surface area contributed by atoms with Crippen LogP contribution in [0.25, 0.3) is 11.2 Å². The fraction of sp³-hybridized carbons (Fsp3) is 0.583. The smallest absolute Gasteiger partial charge is 0.224 e. The Labute approximate surface area is 112 Å². The highest BCUT2D eigenvalue weighted by Crippen LogP contribution is 2.16. The van der Waals surface area contributed by atoms with Crippen molar-refractivity contribution in [2.45, 2.75) is 20.3 Å². The fourth-order valence-corrected chi connectivity index (χ4v) is 2.03. The van der Waals surface area contributed by atoms with Gasteiger partial charge in [-0.25, -0.2) is 4.98 Å². The summed E-state index contributed by atoms with van der Waals surface area (Å²) in [6, 6.07) is 0. The Morgan fingerprint density at radius 3 is 2.84 bits per heavy atom. The van der Waals surface area contributed by atoms with E-state index in [9.17, 15) is 0 Å². The summed E-state index contributed by atoms with van der Waals surface area (Å²) in [6.07, 6.45) is 2.65. The standard InChI is InChI=1S/C12H21N7/c1-3-19(4-2)7-5-6-14-10-9-11(16-8-15-9)18-12(13)17-10/h8H,3-7H2,1-2H3,(H4,13,14,15,16,17,18). The number of nitrogen functional groups attached to an aromatic ring is 1. The van der Waals surface area contributed by atoms with Crippen LogP contribution in [0.3, 0.4) is 0 Å². The zero-order valence-corrected chi connectivity index (χ0v) is 11.5. The van der Waals surface area contributed by atoms with Crippen LogP contribution in [0.2, 0.25) is 0 Å². The Bertz CT molecular complexity index is 518. The molecule has 2 rings (SSSR count). The lowest BCUT2D eigenvalue weighted by Gasteiger charge is -2.17. The van der Waals surface area contributed by atoms with Gasteiger partial charge in [-0.1, -0.05) is 13.8 Å². The Hall–Kier alpha value is -1.89. The highest BCUT2D eigenvalue weighted by molar-refractivity contribution is 5.83. The van der Waals surface area contributed by atoms with Crippen LogP contribution in [-0.4, -0.2) is 51.0 Å². The van der Waals surface area contributed by atoms with E-state index in [1.165, 1.54) is 0 Å². The Balaban J connectivity index is 1.92. The summed E-state index contributed by atoms with van der Waals surface area (Å²) in [4.78, 5) is 17.8. The van der Waals surface area contributed by atoms with Crippen molar-refractivity contribution in [3.8, 4) is 0 Å². The number of imidazole rings is 1. The molecule has 104 valence electrons. The van der Waals surface area contributed by atoms with Crippen LogP contribution in [0.4, 0.5) is 11.8 Å². The number of nitrogens with two attached hydrogens (primary N) is 1. The molecule has 2 heterocycles. The average Bonchev–Trinajstić information content (AvgIpc) is 2.86. The minimum absolute atomic E-state index is 0.242. The van der Waals surface area contributed by atoms with Crippen molar-refractivity contribution in [2.75, 3.05) is 37.2 Å². The van der Waals surface area contributed by atoms with Gasteiger partial charge < -0.3 is 20.9 Å². The zero-order valence-electron chi connectivity index (χ0n) is 11.5. The zero-order chi connectivity index (χ0) is 13.7. The van der Waals surface area contributed by atoms with Gasteiger partial charge in [-0.2, -0.15) is 9.97 Å². The summed E-state index contributed by atoms with van der Waals surface area (Å²) in [5.41, 5.74) is 7.05. The van der Waals surface area contributed by atoms with E-state index in [2.05, 4.69) is 44.0 Å². The van der Waals surface area contributed by atoms with Gasteiger partial charge in [0.15, 0.2) is 11.5 Å². The molecule has 7 nitrogen and oxygen atoms in total. The number of fused-ring (bicyclic) bond motifs is 1. The lowest BCUT2D eigenvalue weighted by atomic mass is 10.3. The van der Waals surface area contributed by atoms with Gasteiger partial charge in [0.1, 0.15) is 5.52 Å². The van der Waals surface area contributed by atoms with Gasteiger partial charge in [-0.05, 0) is 26.1 Å². The van der Waals surface area contributed by atoms with Crippen LogP contribution in [0, 0.1) is 0 Å². The Morgan fingerprint density at radius 2 is 2.11 bits per heavy atom. The minimum atomic E-state index is 0.242. The number of hydrogen-bond donors (Lipinski definition) is 3. The molecule has 0 saturated heterocycles. The molecule has 0 bridgehead atoms. The molecule has 0 atom stereocenters. The minimum Gasteiger partial charge on any atom is -0.368 e. The van der Waals surface area contributed by atoms with Crippen LogP contribution < -0.4 is 11.1 Å². The van der Waals surface area contributed by atoms with Gasteiger partial charge in [0.05, 0.1) is 6.33 Å². The SMILES string of the molecule is CCN(CC)CCCNc1nc(N)nc2nc[nH]c12. The van der Waals surface area contributed by atoms with Crippen LogP contribution >= 0.6 is 0 Å². The summed E-state index contributed by atoms with van der Waals surface area (Å²) in [5.74, 6) is 0.963. The second-order valence-corrected chi connectivity index (χ2v) is 4.34. The summed E-state index contributed by atoms with van der Waals surface area (Å²) in [5, 5.41) is 3.29. The van der Waals surface area contributed by atoms with Gasteiger partial charge in [0.25, 0.3) is 0 Å². The van der Waals surface area contributed by atoms with Crippen molar-refractivity contribution < 1.29 is 0 Å². The normalized spacial score (nSPS) is 11.3. The first-order valence-corrected chi connectivity index (χ1v) is 6.67. The van der Waals surface area contributed by atoms with E-state index in [1.54, 1.807) is 6.33 Å². The molecule has 0 aromatic carbocycles. The molecule has 4 N–H and O–H groups in total. The molecule has 0 aliphatic carbocycles. The first kappa shape index (κ1) is 13.5. The van der Waals surface area contributed by atoms with Gasteiger partial charge in [-0.3, -0.25) is 0 Å². The quantitative estimate of drug-likeness (QED) is 0.647. The van der Waals surface area contributed by atoms with Crippen molar-refractivity contribution in [1.29, 1.82) is 0 Å². The van der Waals surface area contributed by atoms with E-state index < -0.39 is 0 Å². The number of aromatic amines is 1. The number of nitrogens with zero attached hydrogens (tertiary/aromatic N) is 4. The third-order valence-corrected chi connectivity index (χ3v) is 3.14. The summed E-state index contributed by atoms with van der Waals surface area (Å²) in [6.45, 7) is 8.45. The van der Waals surface area contributed by atoms with Gasteiger partial charge in [0, 0.05) is 6.54 Å². The molecular formula is C12H21N7. The average molecular weight is 263 g/mol. The summed E-state index contributed by atoms with van der Waals surface area (Å²) >= 11 is 0. The monoisotopic (exact) mass is 263 g/mol. The maximum Gasteiger partial charge on any atom is 0.224 e. The van der Waals surface area contributed by atoms with E-state index in [4.69, 9.17) is 5.73 Å². The predicted octanol–water partition coefficient (Wildman–Crippen LogP) is 1.08. The Kier molecular flexibility index (Phi) is 4.51. The molecule has 0 aliphatic rings. The van der Waals surface area contributed by atoms with Crippen molar-refractivity contribution >= 4 is 22.9 Å². The van der Waals surface area contributed by atoms with Crippen molar-refractivity contribution in [3.63, 3.8) is 0 Å². The molecule has 0 radical (unpaired) electrons. The van der Waals surface area contributed by atoms with Crippen LogP contribution in [-0.2, 0) is 0 Å². The highest BCUT2D eigenvalue weighted by atomic mass is 15.1. The van der Waals surface area contributed by atoms with Gasteiger partial charge in [0.2, 0.25) is 5.95 Å². The molecule has 0 aliphatic heterocycles. The maximum absolute atomic E-state index is 5.66. The fourth-order valence-electron chi connectivity index (χ4n) is 2.03. The number of rotatable bonds is 7. The van der Waals surface area contributed by atoms with Crippen molar-refractivity contribution in [1.82, 2.24) is 24.8 Å². The van der Waals surface area contributed by atoms with Crippen LogP contribution in [0.15, 0.2) is 6.33 Å². The lowest BCUT2D eigenvalue weighted by Crippen LogP contribution is -2.25. The summed E-state index contributed by atoms with van der Waals surface area (Å²) < 4.78 is 0. The topological polar surface area (TPSA) is 95.8 Å². The maximum atomic E-state index is 5.66. The van der Waals surface area contributed by atoms with Crippen molar-refractivity contribution in [2.24, 2.45) is 0 Å². The number of nitrogens with one attached hydrogen (secondary N) is 2. The summed E-state index contributed by atoms with van der Waals surface area (Å²) in [7, 11) is 0. The largest absolute Gasteiger partial charge is 0.368 e. The number of hydrogen-bond acceptors (Lipinski definition) is 6. The first-order chi connectivity index (χ1) is 9.24. The molecule has 0 saturated carbocycles. The van der Waals surface area contributed by atoms with Gasteiger partial charge in [-0.15, -0.1) is 0 Å². The molecule has 0 amide bonds.